The fourth-order valence-corrected chi connectivity index (χ4v) is 2.36. The maximum absolute atomic E-state index is 12.4. The van der Waals surface area contributed by atoms with Gasteiger partial charge >= 0.3 is 0 Å². The van der Waals surface area contributed by atoms with E-state index in [2.05, 4.69) is 5.32 Å². The SMILES string of the molecule is CC[C@H](Oc1ccc(Cl)cc1)C(=O)N[C@@H](C)COc1ccc(C)cc1. The smallest absolute Gasteiger partial charge is 0.261 e. The Hall–Kier alpha value is -2.20. The van der Waals surface area contributed by atoms with Crippen molar-refractivity contribution < 1.29 is 14.3 Å². The van der Waals surface area contributed by atoms with Gasteiger partial charge in [-0.2, -0.15) is 0 Å². The summed E-state index contributed by atoms with van der Waals surface area (Å²) in [5, 5.41) is 3.56. The van der Waals surface area contributed by atoms with Crippen LogP contribution in [-0.4, -0.2) is 24.7 Å². The van der Waals surface area contributed by atoms with Crippen LogP contribution in [0.3, 0.4) is 0 Å². The third-order valence-corrected chi connectivity index (χ3v) is 3.92. The van der Waals surface area contributed by atoms with Crippen molar-refractivity contribution in [3.63, 3.8) is 0 Å². The zero-order chi connectivity index (χ0) is 18.2. The summed E-state index contributed by atoms with van der Waals surface area (Å²) >= 11 is 5.86. The van der Waals surface area contributed by atoms with Crippen molar-refractivity contribution in [2.75, 3.05) is 6.61 Å². The second-order valence-electron chi connectivity index (χ2n) is 6.00. The molecular weight excluding hydrogens is 338 g/mol. The number of ether oxygens (including phenoxy) is 2. The van der Waals surface area contributed by atoms with Crippen molar-refractivity contribution in [1.82, 2.24) is 5.32 Å². The Bertz CT molecular complexity index is 670. The maximum atomic E-state index is 12.4. The van der Waals surface area contributed by atoms with Gasteiger partial charge in [-0.15, -0.1) is 0 Å². The highest BCUT2D eigenvalue weighted by Gasteiger charge is 2.20. The van der Waals surface area contributed by atoms with Gasteiger partial charge in [0.25, 0.3) is 5.91 Å². The lowest BCUT2D eigenvalue weighted by Gasteiger charge is -2.21. The van der Waals surface area contributed by atoms with Gasteiger partial charge in [0.15, 0.2) is 6.10 Å². The van der Waals surface area contributed by atoms with E-state index in [4.69, 9.17) is 21.1 Å². The number of amides is 1. The molecule has 0 spiro atoms. The predicted octanol–water partition coefficient (Wildman–Crippen LogP) is 4.39. The van der Waals surface area contributed by atoms with E-state index >= 15 is 0 Å². The number of hydrogen-bond donors (Lipinski definition) is 1. The molecule has 0 radical (unpaired) electrons. The molecule has 1 amide bonds. The summed E-state index contributed by atoms with van der Waals surface area (Å²) in [6.45, 7) is 6.24. The Morgan fingerprint density at radius 2 is 1.68 bits per heavy atom. The van der Waals surface area contributed by atoms with E-state index in [1.807, 2.05) is 45.0 Å². The molecule has 2 aromatic rings. The third-order valence-electron chi connectivity index (χ3n) is 3.66. The molecule has 0 fully saturated rings. The van der Waals surface area contributed by atoms with Crippen LogP contribution >= 0.6 is 11.6 Å². The van der Waals surface area contributed by atoms with Crippen LogP contribution < -0.4 is 14.8 Å². The topological polar surface area (TPSA) is 47.6 Å². The minimum absolute atomic E-state index is 0.128. The third kappa shape index (κ3) is 6.31. The van der Waals surface area contributed by atoms with Crippen molar-refractivity contribution in [2.24, 2.45) is 0 Å². The van der Waals surface area contributed by atoms with E-state index in [0.29, 0.717) is 23.8 Å². The zero-order valence-corrected chi connectivity index (χ0v) is 15.5. The number of carbonyl (C=O) groups is 1. The number of halogens is 1. The normalized spacial score (nSPS) is 13.0. The second-order valence-corrected chi connectivity index (χ2v) is 6.44. The number of carbonyl (C=O) groups excluding carboxylic acids is 1. The fourth-order valence-electron chi connectivity index (χ4n) is 2.23. The van der Waals surface area contributed by atoms with Crippen molar-refractivity contribution in [1.29, 1.82) is 0 Å². The number of hydrogen-bond acceptors (Lipinski definition) is 3. The summed E-state index contributed by atoms with van der Waals surface area (Å²) in [7, 11) is 0. The van der Waals surface area contributed by atoms with Gasteiger partial charge in [0.2, 0.25) is 0 Å². The average Bonchev–Trinajstić information content (AvgIpc) is 2.60. The monoisotopic (exact) mass is 361 g/mol. The highest BCUT2D eigenvalue weighted by Crippen LogP contribution is 2.18. The summed E-state index contributed by atoms with van der Waals surface area (Å²) < 4.78 is 11.4. The molecule has 2 atom stereocenters. The zero-order valence-electron chi connectivity index (χ0n) is 14.8. The molecule has 4 nitrogen and oxygen atoms in total. The lowest BCUT2D eigenvalue weighted by molar-refractivity contribution is -0.128. The Morgan fingerprint density at radius 3 is 2.28 bits per heavy atom. The molecule has 25 heavy (non-hydrogen) atoms. The molecule has 2 rings (SSSR count). The molecule has 1 N–H and O–H groups in total. The summed E-state index contributed by atoms with van der Waals surface area (Å²) in [5.74, 6) is 1.25. The molecule has 0 aliphatic rings. The van der Waals surface area contributed by atoms with Crippen molar-refractivity contribution in [2.45, 2.75) is 39.3 Å². The van der Waals surface area contributed by atoms with Crippen LogP contribution in [-0.2, 0) is 4.79 Å². The number of rotatable bonds is 8. The molecule has 0 unspecified atom stereocenters. The summed E-state index contributed by atoms with van der Waals surface area (Å²) in [5.41, 5.74) is 1.18. The largest absolute Gasteiger partial charge is 0.491 e. The highest BCUT2D eigenvalue weighted by atomic mass is 35.5. The van der Waals surface area contributed by atoms with Gasteiger partial charge < -0.3 is 14.8 Å². The van der Waals surface area contributed by atoms with Crippen molar-refractivity contribution in [3.8, 4) is 11.5 Å². The van der Waals surface area contributed by atoms with Gasteiger partial charge in [0.05, 0.1) is 6.04 Å². The average molecular weight is 362 g/mol. The first-order valence-electron chi connectivity index (χ1n) is 8.40. The van der Waals surface area contributed by atoms with E-state index in [9.17, 15) is 4.79 Å². The molecule has 0 bridgehead atoms. The number of aryl methyl sites for hydroxylation is 1. The van der Waals surface area contributed by atoms with Gasteiger partial charge in [-0.05, 0) is 56.7 Å². The first-order valence-corrected chi connectivity index (χ1v) is 8.77. The van der Waals surface area contributed by atoms with Crippen LogP contribution in [0.2, 0.25) is 5.02 Å². The number of benzene rings is 2. The second kappa shape index (κ2) is 9.33. The standard InChI is InChI=1S/C20H24ClNO3/c1-4-19(25-18-11-7-16(21)8-12-18)20(23)22-15(3)13-24-17-9-5-14(2)6-10-17/h5-12,15,19H,4,13H2,1-3H3,(H,22,23)/t15-,19-/m0/s1. The minimum Gasteiger partial charge on any atom is -0.491 e. The van der Waals surface area contributed by atoms with E-state index in [0.717, 1.165) is 5.75 Å². The molecule has 0 aliphatic carbocycles. The van der Waals surface area contributed by atoms with Crippen LogP contribution in [0.25, 0.3) is 0 Å². The lowest BCUT2D eigenvalue weighted by atomic mass is 10.2. The molecule has 0 aliphatic heterocycles. The first-order chi connectivity index (χ1) is 12.0. The molecule has 2 aromatic carbocycles. The molecule has 5 heteroatoms. The van der Waals surface area contributed by atoms with E-state index in [1.54, 1.807) is 24.3 Å². The quantitative estimate of drug-likeness (QED) is 0.758. The minimum atomic E-state index is -0.553. The predicted molar refractivity (Wildman–Crippen MR) is 100 cm³/mol. The van der Waals surface area contributed by atoms with E-state index in [1.165, 1.54) is 5.56 Å². The van der Waals surface area contributed by atoms with Crippen LogP contribution in [0, 0.1) is 6.92 Å². The van der Waals surface area contributed by atoms with E-state index < -0.39 is 6.10 Å². The molecular formula is C20H24ClNO3. The van der Waals surface area contributed by atoms with Gasteiger partial charge in [-0.3, -0.25) is 4.79 Å². The van der Waals surface area contributed by atoms with Crippen LogP contribution in [0.4, 0.5) is 0 Å². The van der Waals surface area contributed by atoms with Gasteiger partial charge in [0.1, 0.15) is 18.1 Å². The van der Waals surface area contributed by atoms with E-state index in [-0.39, 0.29) is 11.9 Å². The summed E-state index contributed by atoms with van der Waals surface area (Å²) in [4.78, 5) is 12.4. The van der Waals surface area contributed by atoms with Gasteiger partial charge in [0, 0.05) is 5.02 Å². The van der Waals surface area contributed by atoms with Crippen LogP contribution in [0.15, 0.2) is 48.5 Å². The first kappa shape index (κ1) is 19.1. The Balaban J connectivity index is 1.83. The van der Waals surface area contributed by atoms with Gasteiger partial charge in [-0.1, -0.05) is 36.2 Å². The number of nitrogens with one attached hydrogen (secondary N) is 1. The van der Waals surface area contributed by atoms with Crippen molar-refractivity contribution >= 4 is 17.5 Å². The summed E-state index contributed by atoms with van der Waals surface area (Å²) in [6, 6.07) is 14.7. The molecule has 0 aromatic heterocycles. The summed E-state index contributed by atoms with van der Waals surface area (Å²) in [6.07, 6.45) is 0.0167. The van der Waals surface area contributed by atoms with Crippen LogP contribution in [0.1, 0.15) is 25.8 Å². The maximum Gasteiger partial charge on any atom is 0.261 e. The van der Waals surface area contributed by atoms with Gasteiger partial charge in [-0.25, -0.2) is 0 Å². The molecule has 134 valence electrons. The Labute approximate surface area is 154 Å². The highest BCUT2D eigenvalue weighted by molar-refractivity contribution is 6.30. The Morgan fingerprint density at radius 1 is 1.08 bits per heavy atom. The molecule has 0 saturated heterocycles. The molecule has 0 heterocycles. The van der Waals surface area contributed by atoms with Crippen LogP contribution in [0.5, 0.6) is 11.5 Å². The fraction of sp³-hybridized carbons (Fsp3) is 0.350. The lowest BCUT2D eigenvalue weighted by Crippen LogP contribution is -2.44. The Kier molecular flexibility index (Phi) is 7.14. The van der Waals surface area contributed by atoms with Crippen molar-refractivity contribution in [3.05, 3.63) is 59.1 Å². The molecule has 0 saturated carbocycles.